The Kier molecular flexibility index (Phi) is 6.93. The summed E-state index contributed by atoms with van der Waals surface area (Å²) in [5.74, 6) is 0.495. The molecule has 0 amide bonds. The molecule has 0 saturated heterocycles. The lowest BCUT2D eigenvalue weighted by Gasteiger charge is -2.14. The number of rotatable bonds is 5. The standard InChI is InChI=1S/C10H15Cl3/c1-7(2)9(12)6-10(13)8(3)4-5-11/h4,9-10H,1,5-6H2,2-3H3/b8-4+/t9-,10-/m0/s1. The van der Waals surface area contributed by atoms with E-state index in [1.54, 1.807) is 0 Å². The molecule has 0 aromatic rings. The van der Waals surface area contributed by atoms with E-state index in [0.29, 0.717) is 12.3 Å². The molecule has 2 atom stereocenters. The van der Waals surface area contributed by atoms with Crippen LogP contribution in [0.2, 0.25) is 0 Å². The van der Waals surface area contributed by atoms with Crippen LogP contribution in [0.4, 0.5) is 0 Å². The molecule has 3 heteroatoms. The molecular formula is C10H15Cl3. The van der Waals surface area contributed by atoms with Crippen LogP contribution in [-0.4, -0.2) is 16.6 Å². The average Bonchev–Trinajstić information content (AvgIpc) is 2.04. The fraction of sp³-hybridized carbons (Fsp3) is 0.600. The summed E-state index contributed by atoms with van der Waals surface area (Å²) in [6, 6.07) is 0. The van der Waals surface area contributed by atoms with Crippen LogP contribution in [-0.2, 0) is 0 Å². The van der Waals surface area contributed by atoms with Crippen molar-refractivity contribution in [1.82, 2.24) is 0 Å². The van der Waals surface area contributed by atoms with Crippen molar-refractivity contribution in [3.8, 4) is 0 Å². The molecule has 0 heterocycles. The van der Waals surface area contributed by atoms with Crippen molar-refractivity contribution in [2.75, 3.05) is 5.88 Å². The van der Waals surface area contributed by atoms with Gasteiger partial charge in [-0.25, -0.2) is 0 Å². The second kappa shape index (κ2) is 6.75. The van der Waals surface area contributed by atoms with Gasteiger partial charge < -0.3 is 0 Å². The van der Waals surface area contributed by atoms with Crippen LogP contribution in [0.15, 0.2) is 23.8 Å². The third-order valence-electron chi connectivity index (χ3n) is 1.84. The highest BCUT2D eigenvalue weighted by atomic mass is 35.5. The molecule has 0 aliphatic carbocycles. The Morgan fingerprint density at radius 2 is 1.85 bits per heavy atom. The highest BCUT2D eigenvalue weighted by molar-refractivity contribution is 6.25. The fourth-order valence-electron chi connectivity index (χ4n) is 0.818. The van der Waals surface area contributed by atoms with Crippen molar-refractivity contribution in [2.45, 2.75) is 31.0 Å². The summed E-state index contributed by atoms with van der Waals surface area (Å²) in [4.78, 5) is 0. The van der Waals surface area contributed by atoms with E-state index in [9.17, 15) is 0 Å². The van der Waals surface area contributed by atoms with E-state index in [0.717, 1.165) is 11.1 Å². The molecule has 0 aliphatic rings. The highest BCUT2D eigenvalue weighted by Gasteiger charge is 2.13. The molecule has 0 nitrogen and oxygen atoms in total. The monoisotopic (exact) mass is 240 g/mol. The molecule has 0 aromatic heterocycles. The van der Waals surface area contributed by atoms with Gasteiger partial charge in [-0.15, -0.1) is 34.8 Å². The molecule has 0 bridgehead atoms. The normalized spacial score (nSPS) is 16.8. The van der Waals surface area contributed by atoms with Gasteiger partial charge >= 0.3 is 0 Å². The quantitative estimate of drug-likeness (QED) is 0.496. The number of alkyl halides is 3. The van der Waals surface area contributed by atoms with Gasteiger partial charge in [0.25, 0.3) is 0 Å². The Labute approximate surface area is 95.6 Å². The first-order chi connectivity index (χ1) is 5.99. The number of hydrogen-bond donors (Lipinski definition) is 0. The maximum absolute atomic E-state index is 6.10. The lowest BCUT2D eigenvalue weighted by molar-refractivity contribution is 0.818. The SMILES string of the molecule is C=C(C)[C@@H](Cl)C[C@H](Cl)/C(C)=C/CCl. The van der Waals surface area contributed by atoms with Crippen LogP contribution in [0.25, 0.3) is 0 Å². The van der Waals surface area contributed by atoms with E-state index in [1.807, 2.05) is 19.9 Å². The first kappa shape index (κ1) is 13.4. The molecule has 13 heavy (non-hydrogen) atoms. The molecule has 0 radical (unpaired) electrons. The summed E-state index contributed by atoms with van der Waals surface area (Å²) in [7, 11) is 0. The van der Waals surface area contributed by atoms with Gasteiger partial charge in [0.15, 0.2) is 0 Å². The molecule has 0 fully saturated rings. The van der Waals surface area contributed by atoms with Crippen LogP contribution in [0, 0.1) is 0 Å². The molecule has 0 aromatic carbocycles. The Morgan fingerprint density at radius 3 is 2.23 bits per heavy atom. The minimum Gasteiger partial charge on any atom is -0.122 e. The van der Waals surface area contributed by atoms with Crippen LogP contribution in [0.5, 0.6) is 0 Å². The summed E-state index contributed by atoms with van der Waals surface area (Å²) < 4.78 is 0. The van der Waals surface area contributed by atoms with E-state index in [4.69, 9.17) is 34.8 Å². The van der Waals surface area contributed by atoms with Gasteiger partial charge in [-0.2, -0.15) is 0 Å². The van der Waals surface area contributed by atoms with Crippen molar-refractivity contribution in [2.24, 2.45) is 0 Å². The van der Waals surface area contributed by atoms with Crippen molar-refractivity contribution < 1.29 is 0 Å². The third kappa shape index (κ3) is 5.61. The van der Waals surface area contributed by atoms with Gasteiger partial charge in [0.2, 0.25) is 0 Å². The van der Waals surface area contributed by atoms with Gasteiger partial charge in [0.1, 0.15) is 0 Å². The van der Waals surface area contributed by atoms with Gasteiger partial charge in [-0.3, -0.25) is 0 Å². The molecule has 0 N–H and O–H groups in total. The summed E-state index contributed by atoms with van der Waals surface area (Å²) >= 11 is 17.7. The Morgan fingerprint density at radius 1 is 1.31 bits per heavy atom. The van der Waals surface area contributed by atoms with Crippen LogP contribution >= 0.6 is 34.8 Å². The van der Waals surface area contributed by atoms with Gasteiger partial charge in [-0.05, 0) is 20.3 Å². The van der Waals surface area contributed by atoms with Crippen LogP contribution in [0.3, 0.4) is 0 Å². The Bertz CT molecular complexity index is 196. The second-order valence-electron chi connectivity index (χ2n) is 3.12. The van der Waals surface area contributed by atoms with E-state index in [2.05, 4.69) is 6.58 Å². The summed E-state index contributed by atoms with van der Waals surface area (Å²) in [5, 5.41) is -0.0980. The van der Waals surface area contributed by atoms with Gasteiger partial charge in [-0.1, -0.05) is 23.8 Å². The van der Waals surface area contributed by atoms with Crippen LogP contribution < -0.4 is 0 Å². The number of allylic oxidation sites excluding steroid dienone is 3. The average molecular weight is 242 g/mol. The smallest absolute Gasteiger partial charge is 0.0560 e. The number of hydrogen-bond acceptors (Lipinski definition) is 0. The molecular weight excluding hydrogens is 226 g/mol. The minimum atomic E-state index is -0.0545. The zero-order chi connectivity index (χ0) is 10.4. The van der Waals surface area contributed by atoms with E-state index in [1.165, 1.54) is 0 Å². The highest BCUT2D eigenvalue weighted by Crippen LogP contribution is 2.21. The summed E-state index contributed by atoms with van der Waals surface area (Å²) in [6.45, 7) is 7.64. The maximum Gasteiger partial charge on any atom is 0.0560 e. The van der Waals surface area contributed by atoms with Gasteiger partial charge in [0.05, 0.1) is 10.8 Å². The van der Waals surface area contributed by atoms with Crippen molar-refractivity contribution >= 4 is 34.8 Å². The molecule has 0 spiro atoms. The van der Waals surface area contributed by atoms with Crippen molar-refractivity contribution in [1.29, 1.82) is 0 Å². The molecule has 0 rings (SSSR count). The minimum absolute atomic E-state index is 0.0436. The van der Waals surface area contributed by atoms with Crippen molar-refractivity contribution in [3.63, 3.8) is 0 Å². The topological polar surface area (TPSA) is 0 Å². The predicted molar refractivity (Wildman–Crippen MR) is 63.2 cm³/mol. The second-order valence-corrected chi connectivity index (χ2v) is 4.48. The fourth-order valence-corrected chi connectivity index (χ4v) is 1.60. The first-order valence-electron chi connectivity index (χ1n) is 4.15. The van der Waals surface area contributed by atoms with Gasteiger partial charge in [0, 0.05) is 5.88 Å². The Balaban J connectivity index is 4.06. The molecule has 0 aliphatic heterocycles. The predicted octanol–water partition coefficient (Wildman–Crippen LogP) is 4.35. The third-order valence-corrected chi connectivity index (χ3v) is 3.07. The zero-order valence-corrected chi connectivity index (χ0v) is 10.3. The first-order valence-corrected chi connectivity index (χ1v) is 5.56. The van der Waals surface area contributed by atoms with Crippen LogP contribution in [0.1, 0.15) is 20.3 Å². The van der Waals surface area contributed by atoms with Crippen molar-refractivity contribution in [3.05, 3.63) is 23.8 Å². The zero-order valence-electron chi connectivity index (χ0n) is 7.99. The van der Waals surface area contributed by atoms with E-state index in [-0.39, 0.29) is 10.8 Å². The van der Waals surface area contributed by atoms with E-state index >= 15 is 0 Å². The largest absolute Gasteiger partial charge is 0.122 e. The van der Waals surface area contributed by atoms with E-state index < -0.39 is 0 Å². The summed E-state index contributed by atoms with van der Waals surface area (Å²) in [5.41, 5.74) is 2.02. The molecule has 0 saturated carbocycles. The molecule has 76 valence electrons. The lowest BCUT2D eigenvalue weighted by Crippen LogP contribution is -2.10. The lowest BCUT2D eigenvalue weighted by atomic mass is 10.1. The summed E-state index contributed by atoms with van der Waals surface area (Å²) in [6.07, 6.45) is 2.61. The number of halogens is 3. The maximum atomic E-state index is 6.10. The molecule has 0 unspecified atom stereocenters. The Hall–Kier alpha value is 0.350.